The molecule has 8 heteroatoms. The van der Waals surface area contributed by atoms with Gasteiger partial charge in [0.1, 0.15) is 6.61 Å². The van der Waals surface area contributed by atoms with Crippen LogP contribution in [0.25, 0.3) is 11.3 Å². The van der Waals surface area contributed by atoms with E-state index in [0.717, 1.165) is 22.3 Å². The average Bonchev–Trinajstić information content (AvgIpc) is 2.70. The minimum Gasteiger partial charge on any atom is -0.476 e. The molecular formula is C22H24N4O3S. The van der Waals surface area contributed by atoms with Crippen LogP contribution in [-0.2, 0) is 16.6 Å². The van der Waals surface area contributed by atoms with Gasteiger partial charge in [0, 0.05) is 24.2 Å². The van der Waals surface area contributed by atoms with Crippen LogP contribution in [0.4, 0.5) is 5.95 Å². The Bertz CT molecular complexity index is 1170. The normalized spacial score (nSPS) is 18.2. The van der Waals surface area contributed by atoms with Gasteiger partial charge >= 0.3 is 0 Å². The number of ether oxygens (including phenoxy) is 1. The zero-order chi connectivity index (χ0) is 21.3. The van der Waals surface area contributed by atoms with Crippen molar-refractivity contribution in [2.24, 2.45) is 0 Å². The quantitative estimate of drug-likeness (QED) is 0.622. The van der Waals surface area contributed by atoms with Crippen LogP contribution in [0.2, 0.25) is 0 Å². The molecule has 0 fully saturated rings. The minimum absolute atomic E-state index is 0.0181. The molecule has 0 spiro atoms. The van der Waals surface area contributed by atoms with Crippen LogP contribution in [0.3, 0.4) is 0 Å². The summed E-state index contributed by atoms with van der Waals surface area (Å²) in [5, 5.41) is 3.35. The molecule has 0 saturated carbocycles. The smallest absolute Gasteiger partial charge is 0.264 e. The Kier molecular flexibility index (Phi) is 5.44. The van der Waals surface area contributed by atoms with E-state index in [4.69, 9.17) is 4.74 Å². The monoisotopic (exact) mass is 424 g/mol. The van der Waals surface area contributed by atoms with E-state index in [-0.39, 0.29) is 16.9 Å². The summed E-state index contributed by atoms with van der Waals surface area (Å²) in [6, 6.07) is 14.6. The first kappa shape index (κ1) is 20.3. The number of aromatic nitrogens is 2. The van der Waals surface area contributed by atoms with E-state index in [1.54, 1.807) is 24.3 Å². The largest absolute Gasteiger partial charge is 0.476 e. The first-order valence-corrected chi connectivity index (χ1v) is 11.2. The lowest BCUT2D eigenvalue weighted by Crippen LogP contribution is -2.31. The first-order chi connectivity index (χ1) is 14.3. The Morgan fingerprint density at radius 2 is 1.77 bits per heavy atom. The highest BCUT2D eigenvalue weighted by atomic mass is 32.2. The Morgan fingerprint density at radius 1 is 1.03 bits per heavy atom. The van der Waals surface area contributed by atoms with Crippen molar-refractivity contribution in [3.8, 4) is 17.1 Å². The molecule has 156 valence electrons. The van der Waals surface area contributed by atoms with Crippen LogP contribution in [0, 0.1) is 13.8 Å². The van der Waals surface area contributed by atoms with Crippen LogP contribution >= 0.6 is 0 Å². The molecule has 0 unspecified atom stereocenters. The van der Waals surface area contributed by atoms with Gasteiger partial charge in [-0.05, 0) is 49.6 Å². The molecule has 1 aromatic heterocycles. The molecule has 0 saturated heterocycles. The molecule has 1 atom stereocenters. The maximum atomic E-state index is 13.0. The van der Waals surface area contributed by atoms with Crippen LogP contribution in [-0.4, -0.2) is 31.0 Å². The second kappa shape index (κ2) is 8.04. The van der Waals surface area contributed by atoms with Gasteiger partial charge in [0.15, 0.2) is 0 Å². The summed E-state index contributed by atoms with van der Waals surface area (Å²) < 4.78 is 34.3. The molecule has 0 aliphatic carbocycles. The Labute approximate surface area is 176 Å². The zero-order valence-corrected chi connectivity index (χ0v) is 18.0. The zero-order valence-electron chi connectivity index (χ0n) is 17.1. The van der Waals surface area contributed by atoms with E-state index in [1.165, 1.54) is 0 Å². The van der Waals surface area contributed by atoms with Gasteiger partial charge in [0.25, 0.3) is 10.0 Å². The number of hydrogen-bond donors (Lipinski definition) is 2. The van der Waals surface area contributed by atoms with Crippen molar-refractivity contribution < 1.29 is 13.2 Å². The number of anilines is 1. The van der Waals surface area contributed by atoms with Crippen molar-refractivity contribution in [3.63, 3.8) is 0 Å². The molecule has 2 heterocycles. The molecular weight excluding hydrogens is 400 g/mol. The molecule has 1 aliphatic rings. The highest BCUT2D eigenvalue weighted by Gasteiger charge is 2.20. The molecule has 0 radical (unpaired) electrons. The van der Waals surface area contributed by atoms with E-state index in [2.05, 4.69) is 20.0 Å². The van der Waals surface area contributed by atoms with Crippen molar-refractivity contribution in [1.29, 1.82) is 0 Å². The van der Waals surface area contributed by atoms with Crippen molar-refractivity contribution in [2.45, 2.75) is 38.3 Å². The van der Waals surface area contributed by atoms with E-state index < -0.39 is 10.0 Å². The summed E-state index contributed by atoms with van der Waals surface area (Å²) in [6.07, 6.45) is 0. The molecule has 4 bridgehead atoms. The van der Waals surface area contributed by atoms with Gasteiger partial charge < -0.3 is 10.1 Å². The van der Waals surface area contributed by atoms with Crippen LogP contribution < -0.4 is 14.8 Å². The summed E-state index contributed by atoms with van der Waals surface area (Å²) in [6.45, 7) is 6.91. The maximum Gasteiger partial charge on any atom is 0.264 e. The van der Waals surface area contributed by atoms with Crippen molar-refractivity contribution in [1.82, 2.24) is 15.3 Å². The fourth-order valence-corrected chi connectivity index (χ4v) is 4.47. The van der Waals surface area contributed by atoms with Crippen LogP contribution in [0.5, 0.6) is 5.88 Å². The van der Waals surface area contributed by atoms with Gasteiger partial charge in [-0.25, -0.2) is 18.1 Å². The lowest BCUT2D eigenvalue weighted by Gasteiger charge is -2.16. The predicted octanol–water partition coefficient (Wildman–Crippen LogP) is 3.43. The van der Waals surface area contributed by atoms with E-state index in [0.29, 0.717) is 24.7 Å². The van der Waals surface area contributed by atoms with Gasteiger partial charge in [-0.15, -0.1) is 0 Å². The van der Waals surface area contributed by atoms with Gasteiger partial charge in [0.05, 0.1) is 10.6 Å². The first-order valence-electron chi connectivity index (χ1n) is 9.75. The van der Waals surface area contributed by atoms with E-state index in [1.807, 2.05) is 45.0 Å². The third kappa shape index (κ3) is 4.29. The Balaban J connectivity index is 1.85. The lowest BCUT2D eigenvalue weighted by atomic mass is 10.00. The number of rotatable bonds is 1. The second-order valence-corrected chi connectivity index (χ2v) is 9.21. The average molecular weight is 425 g/mol. The van der Waals surface area contributed by atoms with Crippen molar-refractivity contribution in [3.05, 3.63) is 65.2 Å². The Hall–Kier alpha value is -2.97. The second-order valence-electron chi connectivity index (χ2n) is 7.53. The van der Waals surface area contributed by atoms with Gasteiger partial charge in [-0.1, -0.05) is 30.3 Å². The summed E-state index contributed by atoms with van der Waals surface area (Å²) >= 11 is 0. The number of hydrogen-bond acceptors (Lipinski definition) is 6. The van der Waals surface area contributed by atoms with Crippen LogP contribution in [0.15, 0.2) is 53.4 Å². The van der Waals surface area contributed by atoms with Crippen molar-refractivity contribution >= 4 is 16.0 Å². The fraction of sp³-hybridized carbons (Fsp3) is 0.273. The molecule has 2 aromatic carbocycles. The van der Waals surface area contributed by atoms with Crippen molar-refractivity contribution in [2.75, 3.05) is 11.3 Å². The number of aryl methyl sites for hydroxylation is 2. The SMILES string of the molecule is Cc1cccc(C)c1-c1cc2nc(n1)NS(=O)(=O)c1cccc(c1)CN[C@@H](C)CO2. The fourth-order valence-electron chi connectivity index (χ4n) is 3.45. The summed E-state index contributed by atoms with van der Waals surface area (Å²) in [5.74, 6) is 0.301. The molecule has 2 N–H and O–H groups in total. The number of nitrogens with one attached hydrogen (secondary N) is 2. The number of fused-ring (bicyclic) bond motifs is 4. The molecule has 0 amide bonds. The van der Waals surface area contributed by atoms with Gasteiger partial charge in [-0.3, -0.25) is 0 Å². The maximum absolute atomic E-state index is 13.0. The molecule has 30 heavy (non-hydrogen) atoms. The Morgan fingerprint density at radius 3 is 2.53 bits per heavy atom. The number of benzene rings is 2. The molecule has 1 aliphatic heterocycles. The number of sulfonamides is 1. The number of nitrogens with zero attached hydrogens (tertiary/aromatic N) is 2. The lowest BCUT2D eigenvalue weighted by molar-refractivity contribution is 0.263. The molecule has 7 nitrogen and oxygen atoms in total. The summed E-state index contributed by atoms with van der Waals surface area (Å²) in [4.78, 5) is 8.97. The van der Waals surface area contributed by atoms with E-state index in [9.17, 15) is 8.42 Å². The highest BCUT2D eigenvalue weighted by molar-refractivity contribution is 7.92. The summed E-state index contributed by atoms with van der Waals surface area (Å²) in [5.41, 5.74) is 4.48. The van der Waals surface area contributed by atoms with E-state index >= 15 is 0 Å². The van der Waals surface area contributed by atoms with Crippen LogP contribution in [0.1, 0.15) is 23.6 Å². The predicted molar refractivity (Wildman–Crippen MR) is 116 cm³/mol. The summed E-state index contributed by atoms with van der Waals surface area (Å²) in [7, 11) is -3.85. The minimum atomic E-state index is -3.85. The van der Waals surface area contributed by atoms with Gasteiger partial charge in [-0.2, -0.15) is 4.98 Å². The molecule has 3 aromatic rings. The molecule has 4 rings (SSSR count). The van der Waals surface area contributed by atoms with Gasteiger partial charge in [0.2, 0.25) is 11.8 Å². The highest BCUT2D eigenvalue weighted by Crippen LogP contribution is 2.29. The third-order valence-corrected chi connectivity index (χ3v) is 6.34. The third-order valence-electron chi connectivity index (χ3n) is 5.01. The topological polar surface area (TPSA) is 93.2 Å². The standard InChI is InChI=1S/C22H24N4O3S/c1-14-6-4-7-15(2)21(14)19-11-20-25-22(24-19)26-30(27,28)18-9-5-8-17(10-18)12-23-16(3)13-29-20/h4-11,16,23H,12-13H2,1-3H3,(H,24,25,26)/t16-/m0/s1.